The average Bonchev–Trinajstić information content (AvgIpc) is 2.03. The molecule has 0 aromatic heterocycles. The summed E-state index contributed by atoms with van der Waals surface area (Å²) in [5, 5.41) is 18.9. The fourth-order valence-electron chi connectivity index (χ4n) is 0.131. The molecule has 0 aliphatic heterocycles. The van der Waals surface area contributed by atoms with Gasteiger partial charge in [-0.2, -0.15) is 0 Å². The first-order valence-electron chi connectivity index (χ1n) is 3.38. The summed E-state index contributed by atoms with van der Waals surface area (Å²) in [6, 6.07) is 0. The molecule has 0 radical (unpaired) electrons. The molecule has 0 fully saturated rings. The Morgan fingerprint density at radius 1 is 1.42 bits per heavy atom. The Hall–Kier alpha value is 0.120. The second-order valence-corrected chi connectivity index (χ2v) is 3.86. The highest BCUT2D eigenvalue weighted by atomic mass is 32.2. The molecule has 12 heavy (non-hydrogen) atoms. The third kappa shape index (κ3) is 12.8. The van der Waals surface area contributed by atoms with Gasteiger partial charge in [-0.25, -0.2) is 0 Å². The molecule has 6 heteroatoms. The molecule has 76 valence electrons. The van der Waals surface area contributed by atoms with Crippen LogP contribution in [-0.4, -0.2) is 28.2 Å². The third-order valence-corrected chi connectivity index (χ3v) is 1.37. The summed E-state index contributed by atoms with van der Waals surface area (Å²) in [4.78, 5) is 0. The minimum atomic E-state index is -0.522. The number of aliphatic hydroxyl groups excluding tert-OH is 2. The second kappa shape index (κ2) is 9.21. The first-order chi connectivity index (χ1) is 5.54. The summed E-state index contributed by atoms with van der Waals surface area (Å²) < 4.78 is 14.2. The van der Waals surface area contributed by atoms with E-state index in [1.807, 2.05) is 0 Å². The van der Waals surface area contributed by atoms with Gasteiger partial charge in [0.05, 0.1) is 11.4 Å². The molecule has 0 aliphatic carbocycles. The standard InChI is InChI=1S/C4H9FO3S.C2H6O/c1-4(2,3-6)9-8-7-5;1-2-3/h6H,3H2,1-2H3;3H,2H2,1H3. The van der Waals surface area contributed by atoms with Gasteiger partial charge >= 0.3 is 0 Å². The maximum Gasteiger partial charge on any atom is 0.0629 e. The van der Waals surface area contributed by atoms with Gasteiger partial charge in [-0.15, -0.1) is 4.33 Å². The van der Waals surface area contributed by atoms with Crippen molar-refractivity contribution in [2.75, 3.05) is 13.2 Å². The molecule has 4 nitrogen and oxygen atoms in total. The molecule has 0 aromatic rings. The van der Waals surface area contributed by atoms with Gasteiger partial charge in [-0.05, 0) is 30.4 Å². The Morgan fingerprint density at radius 2 is 1.83 bits per heavy atom. The van der Waals surface area contributed by atoms with Crippen molar-refractivity contribution in [3.63, 3.8) is 0 Å². The Labute approximate surface area is 75.7 Å². The molecule has 0 aliphatic rings. The van der Waals surface area contributed by atoms with Crippen LogP contribution >= 0.6 is 12.0 Å². The van der Waals surface area contributed by atoms with Crippen molar-refractivity contribution in [1.82, 2.24) is 0 Å². The molecular formula is C6H15FO4S. The van der Waals surface area contributed by atoms with E-state index in [2.05, 4.69) is 9.43 Å². The van der Waals surface area contributed by atoms with E-state index in [1.165, 1.54) is 0 Å². The summed E-state index contributed by atoms with van der Waals surface area (Å²) in [6.07, 6.45) is 0. The van der Waals surface area contributed by atoms with E-state index in [0.29, 0.717) is 0 Å². The number of rotatable bonds is 4. The fraction of sp³-hybridized carbons (Fsp3) is 1.00. The zero-order valence-electron chi connectivity index (χ0n) is 7.41. The first-order valence-corrected chi connectivity index (χ1v) is 4.13. The van der Waals surface area contributed by atoms with E-state index in [-0.39, 0.29) is 13.2 Å². The van der Waals surface area contributed by atoms with E-state index in [9.17, 15) is 4.53 Å². The van der Waals surface area contributed by atoms with Crippen LogP contribution in [0.3, 0.4) is 0 Å². The summed E-state index contributed by atoms with van der Waals surface area (Å²) in [5.74, 6) is 0. The molecule has 0 atom stereocenters. The van der Waals surface area contributed by atoms with Crippen molar-refractivity contribution in [3.8, 4) is 0 Å². The van der Waals surface area contributed by atoms with Gasteiger partial charge in [-0.1, -0.05) is 0 Å². The van der Waals surface area contributed by atoms with Gasteiger partial charge in [0.2, 0.25) is 0 Å². The summed E-state index contributed by atoms with van der Waals surface area (Å²) in [5.41, 5.74) is 0. The normalized spacial score (nSPS) is 10.5. The van der Waals surface area contributed by atoms with Crippen molar-refractivity contribution in [3.05, 3.63) is 0 Å². The minimum Gasteiger partial charge on any atom is -0.397 e. The Bertz CT molecular complexity index is 91.6. The van der Waals surface area contributed by atoms with Crippen molar-refractivity contribution >= 4 is 12.0 Å². The van der Waals surface area contributed by atoms with Crippen LogP contribution in [0.2, 0.25) is 0 Å². The van der Waals surface area contributed by atoms with E-state index in [4.69, 9.17) is 10.2 Å². The highest BCUT2D eigenvalue weighted by Crippen LogP contribution is 2.24. The smallest absolute Gasteiger partial charge is 0.0629 e. The number of hydrogen-bond donors (Lipinski definition) is 2. The lowest BCUT2D eigenvalue weighted by Gasteiger charge is -2.16. The summed E-state index contributed by atoms with van der Waals surface area (Å²) in [6.45, 7) is 5.22. The number of aliphatic hydroxyl groups is 2. The van der Waals surface area contributed by atoms with Crippen LogP contribution in [0.25, 0.3) is 0 Å². The molecule has 0 saturated carbocycles. The Balaban J connectivity index is 0. The van der Waals surface area contributed by atoms with Gasteiger partial charge < -0.3 is 10.2 Å². The lowest BCUT2D eigenvalue weighted by molar-refractivity contribution is -0.359. The maximum absolute atomic E-state index is 10.8. The highest BCUT2D eigenvalue weighted by molar-refractivity contribution is 7.95. The number of halogens is 1. The van der Waals surface area contributed by atoms with Crippen LogP contribution < -0.4 is 0 Å². The summed E-state index contributed by atoms with van der Waals surface area (Å²) in [7, 11) is 0. The van der Waals surface area contributed by atoms with Crippen molar-refractivity contribution in [2.24, 2.45) is 0 Å². The van der Waals surface area contributed by atoms with Gasteiger partial charge in [0, 0.05) is 18.6 Å². The molecule has 0 heterocycles. The van der Waals surface area contributed by atoms with Crippen molar-refractivity contribution in [2.45, 2.75) is 25.5 Å². The predicted octanol–water partition coefficient (Wildman–Crippen LogP) is 1.24. The predicted molar refractivity (Wildman–Crippen MR) is 44.8 cm³/mol. The zero-order chi connectivity index (χ0) is 10.0. The monoisotopic (exact) mass is 202 g/mol. The van der Waals surface area contributed by atoms with Gasteiger partial charge in [0.25, 0.3) is 0 Å². The van der Waals surface area contributed by atoms with Crippen LogP contribution in [-0.2, 0) is 9.43 Å². The van der Waals surface area contributed by atoms with Crippen LogP contribution in [0.5, 0.6) is 0 Å². The first kappa shape index (κ1) is 14.6. The SMILES string of the molecule is CC(C)(CO)SOOF.CCO. The topological polar surface area (TPSA) is 58.9 Å². The molecule has 0 unspecified atom stereocenters. The fourth-order valence-corrected chi connectivity index (χ4v) is 0.394. The van der Waals surface area contributed by atoms with Crippen molar-refractivity contribution < 1.29 is 24.2 Å². The second-order valence-electron chi connectivity index (χ2n) is 2.45. The highest BCUT2D eigenvalue weighted by Gasteiger charge is 2.18. The molecule has 0 rings (SSSR count). The van der Waals surface area contributed by atoms with Crippen LogP contribution in [0.15, 0.2) is 0 Å². The average molecular weight is 202 g/mol. The molecular weight excluding hydrogens is 187 g/mol. The zero-order valence-corrected chi connectivity index (χ0v) is 8.23. The minimum absolute atomic E-state index is 0.0962. The number of hydrogen-bond acceptors (Lipinski definition) is 5. The van der Waals surface area contributed by atoms with Gasteiger partial charge in [0.15, 0.2) is 0 Å². The lowest BCUT2D eigenvalue weighted by Crippen LogP contribution is -2.19. The van der Waals surface area contributed by atoms with E-state index in [1.54, 1.807) is 20.8 Å². The van der Waals surface area contributed by atoms with Crippen LogP contribution in [0.1, 0.15) is 20.8 Å². The molecule has 0 amide bonds. The van der Waals surface area contributed by atoms with E-state index in [0.717, 1.165) is 12.0 Å². The quantitative estimate of drug-likeness (QED) is 0.408. The maximum atomic E-state index is 10.8. The Morgan fingerprint density at radius 3 is 2.08 bits per heavy atom. The Kier molecular flexibility index (Phi) is 11.2. The molecule has 2 N–H and O–H groups in total. The van der Waals surface area contributed by atoms with Gasteiger partial charge in [0.1, 0.15) is 0 Å². The molecule has 0 spiro atoms. The van der Waals surface area contributed by atoms with E-state index < -0.39 is 4.75 Å². The molecule has 0 bridgehead atoms. The van der Waals surface area contributed by atoms with Crippen LogP contribution in [0, 0.1) is 0 Å². The summed E-state index contributed by atoms with van der Waals surface area (Å²) >= 11 is 0.731. The van der Waals surface area contributed by atoms with Gasteiger partial charge in [-0.3, -0.25) is 0 Å². The van der Waals surface area contributed by atoms with Crippen molar-refractivity contribution in [1.29, 1.82) is 0 Å². The molecule has 0 aromatic carbocycles. The largest absolute Gasteiger partial charge is 0.397 e. The van der Waals surface area contributed by atoms with Crippen LogP contribution in [0.4, 0.5) is 4.53 Å². The van der Waals surface area contributed by atoms with E-state index >= 15 is 0 Å². The molecule has 0 saturated heterocycles. The lowest BCUT2D eigenvalue weighted by atomic mass is 10.2. The third-order valence-electron chi connectivity index (χ3n) is 0.666.